The van der Waals surface area contributed by atoms with Crippen LogP contribution in [0.4, 0.5) is 0 Å². The van der Waals surface area contributed by atoms with Gasteiger partial charge in [-0.05, 0) is 24.8 Å². The molecule has 24 heavy (non-hydrogen) atoms. The normalized spacial score (nSPS) is 19.5. The average Bonchev–Trinajstić information content (AvgIpc) is 3.07. The summed E-state index contributed by atoms with van der Waals surface area (Å²) in [4.78, 5) is 9.14. The molecule has 0 saturated heterocycles. The standard InChI is InChI=1S/C18H25N5.HI/c1-3-19-18(22-16-11-14(16)2)21-12-17-20-9-10-23(17)13-15-7-5-4-6-8-15;/h4-10,14,16H,3,11-13H2,1-2H3,(H2,19,21,22);1H. The van der Waals surface area contributed by atoms with Crippen molar-refractivity contribution in [2.24, 2.45) is 10.9 Å². The molecule has 0 spiro atoms. The molecule has 1 aliphatic carbocycles. The zero-order valence-electron chi connectivity index (χ0n) is 14.3. The summed E-state index contributed by atoms with van der Waals surface area (Å²) in [7, 11) is 0. The summed E-state index contributed by atoms with van der Waals surface area (Å²) in [5.74, 6) is 2.62. The fourth-order valence-electron chi connectivity index (χ4n) is 2.58. The molecule has 0 bridgehead atoms. The Morgan fingerprint density at radius 3 is 2.75 bits per heavy atom. The van der Waals surface area contributed by atoms with Gasteiger partial charge in [0, 0.05) is 31.5 Å². The second-order valence-corrected chi connectivity index (χ2v) is 6.12. The highest BCUT2D eigenvalue weighted by Crippen LogP contribution is 2.28. The third-order valence-electron chi connectivity index (χ3n) is 4.15. The Kier molecular flexibility index (Phi) is 7.08. The van der Waals surface area contributed by atoms with Crippen molar-refractivity contribution in [2.45, 2.75) is 39.4 Å². The van der Waals surface area contributed by atoms with E-state index >= 15 is 0 Å². The first-order valence-electron chi connectivity index (χ1n) is 8.35. The summed E-state index contributed by atoms with van der Waals surface area (Å²) in [6.07, 6.45) is 5.09. The maximum Gasteiger partial charge on any atom is 0.191 e. The minimum Gasteiger partial charge on any atom is -0.357 e. The molecule has 3 rings (SSSR count). The van der Waals surface area contributed by atoms with Crippen LogP contribution in [0, 0.1) is 5.92 Å². The molecular weight excluding hydrogens is 413 g/mol. The van der Waals surface area contributed by atoms with Gasteiger partial charge < -0.3 is 15.2 Å². The zero-order valence-corrected chi connectivity index (χ0v) is 16.6. The van der Waals surface area contributed by atoms with Gasteiger partial charge in [0.25, 0.3) is 0 Å². The zero-order chi connectivity index (χ0) is 16.1. The molecule has 0 radical (unpaired) electrons. The van der Waals surface area contributed by atoms with Crippen molar-refractivity contribution in [3.05, 3.63) is 54.1 Å². The Balaban J connectivity index is 0.00000208. The van der Waals surface area contributed by atoms with Crippen LogP contribution in [-0.4, -0.2) is 28.1 Å². The summed E-state index contributed by atoms with van der Waals surface area (Å²) in [6, 6.07) is 11.0. The molecule has 1 aromatic carbocycles. The van der Waals surface area contributed by atoms with Gasteiger partial charge in [-0.1, -0.05) is 37.3 Å². The van der Waals surface area contributed by atoms with E-state index in [0.717, 1.165) is 30.8 Å². The molecule has 1 fully saturated rings. The lowest BCUT2D eigenvalue weighted by molar-refractivity contribution is 0.713. The molecule has 6 heteroatoms. The summed E-state index contributed by atoms with van der Waals surface area (Å²) < 4.78 is 2.15. The van der Waals surface area contributed by atoms with Crippen molar-refractivity contribution in [3.63, 3.8) is 0 Å². The van der Waals surface area contributed by atoms with Crippen LogP contribution in [-0.2, 0) is 13.1 Å². The van der Waals surface area contributed by atoms with Crippen LogP contribution in [0.2, 0.25) is 0 Å². The fraction of sp³-hybridized carbons (Fsp3) is 0.444. The van der Waals surface area contributed by atoms with Crippen molar-refractivity contribution in [2.75, 3.05) is 6.54 Å². The Morgan fingerprint density at radius 2 is 2.08 bits per heavy atom. The number of nitrogens with zero attached hydrogens (tertiary/aromatic N) is 3. The smallest absolute Gasteiger partial charge is 0.191 e. The van der Waals surface area contributed by atoms with Crippen molar-refractivity contribution >= 4 is 29.9 Å². The van der Waals surface area contributed by atoms with Gasteiger partial charge in [0.15, 0.2) is 5.96 Å². The number of halogens is 1. The maximum absolute atomic E-state index is 4.68. The van der Waals surface area contributed by atoms with Crippen LogP contribution in [0.1, 0.15) is 31.7 Å². The van der Waals surface area contributed by atoms with E-state index in [9.17, 15) is 0 Å². The Morgan fingerprint density at radius 1 is 1.33 bits per heavy atom. The second kappa shape index (κ2) is 9.05. The van der Waals surface area contributed by atoms with Gasteiger partial charge >= 0.3 is 0 Å². The molecular formula is C18H26IN5. The van der Waals surface area contributed by atoms with Crippen LogP contribution >= 0.6 is 24.0 Å². The quantitative estimate of drug-likeness (QED) is 0.414. The molecule has 1 aliphatic rings. The average molecular weight is 439 g/mol. The minimum absolute atomic E-state index is 0. The van der Waals surface area contributed by atoms with Crippen molar-refractivity contribution in [1.29, 1.82) is 0 Å². The predicted molar refractivity (Wildman–Crippen MR) is 109 cm³/mol. The lowest BCUT2D eigenvalue weighted by atomic mass is 10.2. The molecule has 0 aliphatic heterocycles. The predicted octanol–water partition coefficient (Wildman–Crippen LogP) is 3.01. The van der Waals surface area contributed by atoms with Crippen LogP contribution in [0.3, 0.4) is 0 Å². The molecule has 130 valence electrons. The van der Waals surface area contributed by atoms with E-state index in [-0.39, 0.29) is 24.0 Å². The fourth-order valence-corrected chi connectivity index (χ4v) is 2.58. The van der Waals surface area contributed by atoms with Crippen LogP contribution in [0.25, 0.3) is 0 Å². The number of nitrogens with one attached hydrogen (secondary N) is 2. The van der Waals surface area contributed by atoms with E-state index in [1.54, 1.807) is 0 Å². The third kappa shape index (κ3) is 5.22. The van der Waals surface area contributed by atoms with Crippen molar-refractivity contribution in [3.8, 4) is 0 Å². The van der Waals surface area contributed by atoms with Crippen molar-refractivity contribution in [1.82, 2.24) is 20.2 Å². The van der Waals surface area contributed by atoms with Gasteiger partial charge in [-0.2, -0.15) is 0 Å². The Hall–Kier alpha value is -1.57. The number of guanidine groups is 1. The SMILES string of the molecule is CCNC(=NCc1nccn1Cc1ccccc1)NC1CC1C.I. The molecule has 1 saturated carbocycles. The number of rotatable bonds is 6. The van der Waals surface area contributed by atoms with E-state index in [1.807, 2.05) is 18.5 Å². The van der Waals surface area contributed by atoms with Crippen LogP contribution < -0.4 is 10.6 Å². The first-order valence-corrected chi connectivity index (χ1v) is 8.35. The first-order chi connectivity index (χ1) is 11.3. The van der Waals surface area contributed by atoms with Gasteiger partial charge in [-0.15, -0.1) is 24.0 Å². The molecule has 2 atom stereocenters. The van der Waals surface area contributed by atoms with Gasteiger partial charge in [0.05, 0.1) is 0 Å². The van der Waals surface area contributed by atoms with E-state index in [0.29, 0.717) is 12.6 Å². The molecule has 2 unspecified atom stereocenters. The molecule has 0 amide bonds. The molecule has 2 aromatic rings. The summed E-state index contributed by atoms with van der Waals surface area (Å²) in [5, 5.41) is 6.78. The Bertz CT molecular complexity index is 652. The lowest BCUT2D eigenvalue weighted by Gasteiger charge is -2.11. The van der Waals surface area contributed by atoms with Gasteiger partial charge in [0.1, 0.15) is 12.4 Å². The van der Waals surface area contributed by atoms with E-state index in [4.69, 9.17) is 0 Å². The topological polar surface area (TPSA) is 54.2 Å². The summed E-state index contributed by atoms with van der Waals surface area (Å²) in [5.41, 5.74) is 1.27. The van der Waals surface area contributed by atoms with E-state index < -0.39 is 0 Å². The number of benzene rings is 1. The van der Waals surface area contributed by atoms with E-state index in [1.165, 1.54) is 12.0 Å². The van der Waals surface area contributed by atoms with Gasteiger partial charge in [-0.25, -0.2) is 9.98 Å². The number of aromatic nitrogens is 2. The van der Waals surface area contributed by atoms with Gasteiger partial charge in [0.2, 0.25) is 0 Å². The molecule has 2 N–H and O–H groups in total. The first kappa shape index (κ1) is 18.8. The number of hydrogen-bond donors (Lipinski definition) is 2. The minimum atomic E-state index is 0. The third-order valence-corrected chi connectivity index (χ3v) is 4.15. The summed E-state index contributed by atoms with van der Waals surface area (Å²) >= 11 is 0. The highest BCUT2D eigenvalue weighted by atomic mass is 127. The maximum atomic E-state index is 4.68. The number of hydrogen-bond acceptors (Lipinski definition) is 2. The highest BCUT2D eigenvalue weighted by molar-refractivity contribution is 14.0. The second-order valence-electron chi connectivity index (χ2n) is 6.12. The van der Waals surface area contributed by atoms with Crippen LogP contribution in [0.15, 0.2) is 47.7 Å². The number of aliphatic imine (C=N–C) groups is 1. The molecule has 1 heterocycles. The largest absolute Gasteiger partial charge is 0.357 e. The lowest BCUT2D eigenvalue weighted by Crippen LogP contribution is -2.39. The monoisotopic (exact) mass is 439 g/mol. The molecule has 5 nitrogen and oxygen atoms in total. The van der Waals surface area contributed by atoms with Gasteiger partial charge in [-0.3, -0.25) is 0 Å². The highest BCUT2D eigenvalue weighted by Gasteiger charge is 2.33. The Labute approximate surface area is 161 Å². The van der Waals surface area contributed by atoms with Crippen LogP contribution in [0.5, 0.6) is 0 Å². The number of imidazole rings is 1. The van der Waals surface area contributed by atoms with Crippen molar-refractivity contribution < 1.29 is 0 Å². The molecule has 1 aromatic heterocycles. The van der Waals surface area contributed by atoms with E-state index in [2.05, 4.69) is 63.3 Å². The summed E-state index contributed by atoms with van der Waals surface area (Å²) in [6.45, 7) is 6.62.